The van der Waals surface area contributed by atoms with E-state index in [0.29, 0.717) is 11.8 Å². The highest BCUT2D eigenvalue weighted by Crippen LogP contribution is 2.13. The summed E-state index contributed by atoms with van der Waals surface area (Å²) >= 11 is 0. The number of nitrogens with zero attached hydrogens (tertiary/aromatic N) is 2. The average Bonchev–Trinajstić information content (AvgIpc) is 2.60. The molecular weight excluding hydrogens is 206 g/mol. The maximum absolute atomic E-state index is 12.1. The number of amides is 1. The second-order valence-corrected chi connectivity index (χ2v) is 4.14. The molecular formula is C11H17N3O2. The zero-order valence-electron chi connectivity index (χ0n) is 9.69. The topological polar surface area (TPSA) is 58.4 Å². The van der Waals surface area contributed by atoms with E-state index in [9.17, 15) is 4.79 Å². The highest BCUT2D eigenvalue weighted by atomic mass is 16.5. The minimum absolute atomic E-state index is 0.0473. The van der Waals surface area contributed by atoms with Gasteiger partial charge < -0.3 is 14.7 Å². The largest absolute Gasteiger partial charge is 0.351 e. The molecule has 5 heteroatoms. The standard InChI is InChI=1S/C11H17N3O2/c1-3-4-14(9-6-12-7-9)11(15)10-5-8(2)13-16-10/h5,9,12H,3-4,6-7H2,1-2H3. The van der Waals surface area contributed by atoms with Crippen molar-refractivity contribution < 1.29 is 9.32 Å². The van der Waals surface area contributed by atoms with Gasteiger partial charge in [0.2, 0.25) is 5.76 Å². The molecule has 2 heterocycles. The molecule has 1 aromatic heterocycles. The molecule has 0 spiro atoms. The van der Waals surface area contributed by atoms with Crippen LogP contribution in [0.4, 0.5) is 0 Å². The van der Waals surface area contributed by atoms with Crippen molar-refractivity contribution in [2.75, 3.05) is 19.6 Å². The van der Waals surface area contributed by atoms with Crippen LogP contribution < -0.4 is 5.32 Å². The van der Waals surface area contributed by atoms with E-state index in [2.05, 4.69) is 17.4 Å². The summed E-state index contributed by atoms with van der Waals surface area (Å²) in [6, 6.07) is 2.00. The first-order chi connectivity index (χ1) is 7.72. The number of carbonyl (C=O) groups excluding carboxylic acids is 1. The number of aryl methyl sites for hydroxylation is 1. The summed E-state index contributed by atoms with van der Waals surface area (Å²) in [6.07, 6.45) is 0.954. The van der Waals surface area contributed by atoms with E-state index in [4.69, 9.17) is 4.52 Å². The predicted molar refractivity (Wildman–Crippen MR) is 59.2 cm³/mol. The molecule has 5 nitrogen and oxygen atoms in total. The summed E-state index contributed by atoms with van der Waals surface area (Å²) in [5, 5.41) is 6.92. The normalized spacial score (nSPS) is 15.9. The van der Waals surface area contributed by atoms with Crippen LogP contribution in [0.5, 0.6) is 0 Å². The van der Waals surface area contributed by atoms with Crippen molar-refractivity contribution in [3.63, 3.8) is 0 Å². The first kappa shape index (κ1) is 11.1. The Bertz CT molecular complexity index is 371. The molecule has 0 aromatic carbocycles. The maximum atomic E-state index is 12.1. The van der Waals surface area contributed by atoms with Gasteiger partial charge in [-0.1, -0.05) is 12.1 Å². The van der Waals surface area contributed by atoms with Crippen molar-refractivity contribution in [3.8, 4) is 0 Å². The van der Waals surface area contributed by atoms with Crippen LogP contribution in [0.2, 0.25) is 0 Å². The molecule has 0 unspecified atom stereocenters. The van der Waals surface area contributed by atoms with E-state index >= 15 is 0 Å². The van der Waals surface area contributed by atoms with Gasteiger partial charge in [-0.3, -0.25) is 4.79 Å². The fourth-order valence-electron chi connectivity index (χ4n) is 1.79. The molecule has 0 saturated carbocycles. The molecule has 0 bridgehead atoms. The summed E-state index contributed by atoms with van der Waals surface area (Å²) < 4.78 is 5.01. The molecule has 2 rings (SSSR count). The van der Waals surface area contributed by atoms with Crippen molar-refractivity contribution in [3.05, 3.63) is 17.5 Å². The summed E-state index contributed by atoms with van der Waals surface area (Å²) in [7, 11) is 0. The lowest BCUT2D eigenvalue weighted by molar-refractivity contribution is 0.0574. The van der Waals surface area contributed by atoms with Gasteiger partial charge in [0.05, 0.1) is 11.7 Å². The van der Waals surface area contributed by atoms with Crippen molar-refractivity contribution >= 4 is 5.91 Å². The minimum Gasteiger partial charge on any atom is -0.351 e. The summed E-state index contributed by atoms with van der Waals surface area (Å²) in [4.78, 5) is 14.0. The van der Waals surface area contributed by atoms with Gasteiger partial charge in [-0.05, 0) is 13.3 Å². The van der Waals surface area contributed by atoms with Gasteiger partial charge in [-0.15, -0.1) is 0 Å². The van der Waals surface area contributed by atoms with E-state index in [1.807, 2.05) is 11.8 Å². The van der Waals surface area contributed by atoms with E-state index in [1.54, 1.807) is 6.07 Å². The Kier molecular flexibility index (Phi) is 3.24. The van der Waals surface area contributed by atoms with Gasteiger partial charge in [0.1, 0.15) is 0 Å². The first-order valence-electron chi connectivity index (χ1n) is 5.67. The Labute approximate surface area is 94.8 Å². The summed E-state index contributed by atoms with van der Waals surface area (Å²) in [5.41, 5.74) is 0.742. The fourth-order valence-corrected chi connectivity index (χ4v) is 1.79. The van der Waals surface area contributed by atoms with E-state index in [-0.39, 0.29) is 5.91 Å². The van der Waals surface area contributed by atoms with Gasteiger partial charge in [-0.25, -0.2) is 0 Å². The van der Waals surface area contributed by atoms with Crippen molar-refractivity contribution in [2.45, 2.75) is 26.3 Å². The third-order valence-electron chi connectivity index (χ3n) is 2.76. The van der Waals surface area contributed by atoms with Gasteiger partial charge in [0, 0.05) is 25.7 Å². The third-order valence-corrected chi connectivity index (χ3v) is 2.76. The molecule has 1 amide bonds. The highest BCUT2D eigenvalue weighted by molar-refractivity contribution is 5.91. The van der Waals surface area contributed by atoms with E-state index in [0.717, 1.165) is 31.7 Å². The Morgan fingerprint density at radius 2 is 2.44 bits per heavy atom. The molecule has 16 heavy (non-hydrogen) atoms. The Hall–Kier alpha value is -1.36. The lowest BCUT2D eigenvalue weighted by atomic mass is 10.1. The summed E-state index contributed by atoms with van der Waals surface area (Å²) in [6.45, 7) is 6.40. The molecule has 1 saturated heterocycles. The quantitative estimate of drug-likeness (QED) is 0.820. The molecule has 1 fully saturated rings. The smallest absolute Gasteiger partial charge is 0.292 e. The monoisotopic (exact) mass is 223 g/mol. The van der Waals surface area contributed by atoms with Crippen molar-refractivity contribution in [1.82, 2.24) is 15.4 Å². The number of aromatic nitrogens is 1. The third kappa shape index (κ3) is 2.09. The van der Waals surface area contributed by atoms with Crippen LogP contribution in [0, 0.1) is 6.92 Å². The molecule has 0 radical (unpaired) electrons. The second kappa shape index (κ2) is 4.65. The van der Waals surface area contributed by atoms with Gasteiger partial charge in [-0.2, -0.15) is 0 Å². The number of nitrogens with one attached hydrogen (secondary N) is 1. The molecule has 1 aliphatic heterocycles. The zero-order chi connectivity index (χ0) is 11.5. The van der Waals surface area contributed by atoms with Crippen molar-refractivity contribution in [2.24, 2.45) is 0 Å². The highest BCUT2D eigenvalue weighted by Gasteiger charge is 2.30. The van der Waals surface area contributed by atoms with Crippen LogP contribution in [0.15, 0.2) is 10.6 Å². The number of rotatable bonds is 4. The molecule has 1 aromatic rings. The number of hydrogen-bond acceptors (Lipinski definition) is 4. The molecule has 0 aliphatic carbocycles. The van der Waals surface area contributed by atoms with Crippen LogP contribution in [0.1, 0.15) is 29.6 Å². The Balaban J connectivity index is 2.09. The minimum atomic E-state index is -0.0473. The maximum Gasteiger partial charge on any atom is 0.292 e. The molecule has 1 aliphatic rings. The number of hydrogen-bond donors (Lipinski definition) is 1. The van der Waals surface area contributed by atoms with E-state index < -0.39 is 0 Å². The van der Waals surface area contributed by atoms with Crippen LogP contribution >= 0.6 is 0 Å². The lowest BCUT2D eigenvalue weighted by Crippen LogP contribution is -2.59. The van der Waals surface area contributed by atoms with Gasteiger partial charge in [0.25, 0.3) is 5.91 Å². The Morgan fingerprint density at radius 1 is 1.69 bits per heavy atom. The second-order valence-electron chi connectivity index (χ2n) is 4.14. The number of carbonyl (C=O) groups is 1. The molecule has 1 N–H and O–H groups in total. The van der Waals surface area contributed by atoms with Gasteiger partial charge in [0.15, 0.2) is 0 Å². The first-order valence-corrected chi connectivity index (χ1v) is 5.67. The molecule has 0 atom stereocenters. The van der Waals surface area contributed by atoms with Crippen LogP contribution in [-0.4, -0.2) is 41.6 Å². The van der Waals surface area contributed by atoms with Crippen LogP contribution in [-0.2, 0) is 0 Å². The fraction of sp³-hybridized carbons (Fsp3) is 0.636. The molecule has 88 valence electrons. The average molecular weight is 223 g/mol. The zero-order valence-corrected chi connectivity index (χ0v) is 9.69. The SMILES string of the molecule is CCCN(C(=O)c1cc(C)no1)C1CNC1. The van der Waals surface area contributed by atoms with E-state index in [1.165, 1.54) is 0 Å². The summed E-state index contributed by atoms with van der Waals surface area (Å²) in [5.74, 6) is 0.298. The van der Waals surface area contributed by atoms with Gasteiger partial charge >= 0.3 is 0 Å². The van der Waals surface area contributed by atoms with Crippen LogP contribution in [0.3, 0.4) is 0 Å². The van der Waals surface area contributed by atoms with Crippen molar-refractivity contribution in [1.29, 1.82) is 0 Å². The Morgan fingerprint density at radius 3 is 2.88 bits per heavy atom. The predicted octanol–water partition coefficient (Wildman–Crippen LogP) is 0.807. The van der Waals surface area contributed by atoms with Crippen LogP contribution in [0.25, 0.3) is 0 Å². The lowest BCUT2D eigenvalue weighted by Gasteiger charge is -2.37.